The fourth-order valence-electron chi connectivity index (χ4n) is 1.74. The van der Waals surface area contributed by atoms with Crippen molar-refractivity contribution in [2.75, 3.05) is 6.26 Å². The van der Waals surface area contributed by atoms with E-state index in [2.05, 4.69) is 31.4 Å². The Bertz CT molecular complexity index is 523. The van der Waals surface area contributed by atoms with Crippen molar-refractivity contribution in [2.45, 2.75) is 18.4 Å². The Kier molecular flexibility index (Phi) is 4.28. The summed E-state index contributed by atoms with van der Waals surface area (Å²) in [7, 11) is 0. The molecule has 0 bridgehead atoms. The molecule has 0 heterocycles. The van der Waals surface area contributed by atoms with Gasteiger partial charge in [-0.1, -0.05) is 17.7 Å². The van der Waals surface area contributed by atoms with Gasteiger partial charge in [-0.25, -0.2) is 0 Å². The Morgan fingerprint density at radius 3 is 2.44 bits per heavy atom. The van der Waals surface area contributed by atoms with Crippen LogP contribution < -0.4 is 10.5 Å². The lowest BCUT2D eigenvalue weighted by atomic mass is 10.1. The second-order valence-corrected chi connectivity index (χ2v) is 4.97. The van der Waals surface area contributed by atoms with Gasteiger partial charge in [0.1, 0.15) is 11.5 Å². The lowest BCUT2D eigenvalue weighted by Gasteiger charge is -2.11. The monoisotopic (exact) mass is 259 g/mol. The first-order chi connectivity index (χ1) is 8.72. The third-order valence-corrected chi connectivity index (χ3v) is 3.47. The van der Waals surface area contributed by atoms with Crippen LogP contribution in [-0.2, 0) is 6.54 Å². The number of benzene rings is 2. The van der Waals surface area contributed by atoms with E-state index in [-0.39, 0.29) is 0 Å². The molecule has 0 saturated carbocycles. The van der Waals surface area contributed by atoms with Crippen molar-refractivity contribution in [3.8, 4) is 11.5 Å². The Hall–Kier alpha value is -1.45. The van der Waals surface area contributed by atoms with E-state index in [1.165, 1.54) is 10.5 Å². The van der Waals surface area contributed by atoms with Crippen molar-refractivity contribution in [3.63, 3.8) is 0 Å². The van der Waals surface area contributed by atoms with E-state index < -0.39 is 0 Å². The summed E-state index contributed by atoms with van der Waals surface area (Å²) in [4.78, 5) is 1.23. The molecule has 2 nitrogen and oxygen atoms in total. The zero-order valence-electron chi connectivity index (χ0n) is 10.6. The molecule has 2 aromatic rings. The quantitative estimate of drug-likeness (QED) is 0.844. The highest BCUT2D eigenvalue weighted by Crippen LogP contribution is 2.27. The maximum Gasteiger partial charge on any atom is 0.131 e. The Labute approximate surface area is 112 Å². The minimum atomic E-state index is 0.486. The zero-order chi connectivity index (χ0) is 13.0. The third-order valence-electron chi connectivity index (χ3n) is 2.72. The van der Waals surface area contributed by atoms with Crippen LogP contribution in [0.25, 0.3) is 0 Å². The molecule has 0 atom stereocenters. The third kappa shape index (κ3) is 3.06. The van der Waals surface area contributed by atoms with E-state index >= 15 is 0 Å². The molecule has 18 heavy (non-hydrogen) atoms. The Balaban J connectivity index is 2.22. The molecule has 0 unspecified atom stereocenters. The van der Waals surface area contributed by atoms with Gasteiger partial charge in [0, 0.05) is 17.0 Å². The SMILES string of the molecule is CSc1ccc(Oc2ccc(C)cc2CN)cc1. The van der Waals surface area contributed by atoms with Gasteiger partial charge in [-0.05, 0) is 43.5 Å². The summed E-state index contributed by atoms with van der Waals surface area (Å²) in [6, 6.07) is 14.1. The highest BCUT2D eigenvalue weighted by molar-refractivity contribution is 7.98. The largest absolute Gasteiger partial charge is 0.457 e. The molecule has 2 aromatic carbocycles. The van der Waals surface area contributed by atoms with Gasteiger partial charge in [-0.15, -0.1) is 11.8 Å². The topological polar surface area (TPSA) is 35.2 Å². The van der Waals surface area contributed by atoms with Gasteiger partial charge in [0.15, 0.2) is 0 Å². The van der Waals surface area contributed by atoms with Crippen molar-refractivity contribution in [3.05, 3.63) is 53.6 Å². The van der Waals surface area contributed by atoms with E-state index in [4.69, 9.17) is 10.5 Å². The lowest BCUT2D eigenvalue weighted by Crippen LogP contribution is -1.99. The van der Waals surface area contributed by atoms with Crippen LogP contribution in [0, 0.1) is 6.92 Å². The predicted molar refractivity (Wildman–Crippen MR) is 77.4 cm³/mol. The first-order valence-corrected chi connectivity index (χ1v) is 7.07. The van der Waals surface area contributed by atoms with Crippen LogP contribution in [0.1, 0.15) is 11.1 Å². The number of thioether (sulfide) groups is 1. The summed E-state index contributed by atoms with van der Waals surface area (Å²) in [6.45, 7) is 2.54. The average Bonchev–Trinajstić information content (AvgIpc) is 2.41. The molecule has 3 heteroatoms. The molecule has 0 amide bonds. The van der Waals surface area contributed by atoms with Gasteiger partial charge in [0.05, 0.1) is 0 Å². The number of hydrogen-bond acceptors (Lipinski definition) is 3. The van der Waals surface area contributed by atoms with E-state index in [9.17, 15) is 0 Å². The van der Waals surface area contributed by atoms with E-state index in [1.807, 2.05) is 24.3 Å². The van der Waals surface area contributed by atoms with Crippen LogP contribution in [0.4, 0.5) is 0 Å². The van der Waals surface area contributed by atoms with Gasteiger partial charge in [-0.2, -0.15) is 0 Å². The number of ether oxygens (including phenoxy) is 1. The summed E-state index contributed by atoms with van der Waals surface area (Å²) in [6.07, 6.45) is 2.06. The molecular weight excluding hydrogens is 242 g/mol. The summed E-state index contributed by atoms with van der Waals surface area (Å²) >= 11 is 1.72. The maximum atomic E-state index is 5.87. The molecule has 0 aliphatic carbocycles. The predicted octanol–water partition coefficient (Wildman–Crippen LogP) is 3.97. The Morgan fingerprint density at radius 1 is 1.11 bits per heavy atom. The van der Waals surface area contributed by atoms with E-state index in [0.29, 0.717) is 6.54 Å². The molecule has 2 rings (SSSR count). The van der Waals surface area contributed by atoms with Crippen molar-refractivity contribution in [2.24, 2.45) is 5.73 Å². The van der Waals surface area contributed by atoms with Gasteiger partial charge < -0.3 is 10.5 Å². The summed E-state index contributed by atoms with van der Waals surface area (Å²) < 4.78 is 5.87. The summed E-state index contributed by atoms with van der Waals surface area (Å²) in [5.74, 6) is 1.67. The highest BCUT2D eigenvalue weighted by Gasteiger charge is 2.04. The van der Waals surface area contributed by atoms with Crippen LogP contribution in [0.3, 0.4) is 0 Å². The molecule has 0 aliphatic rings. The first-order valence-electron chi connectivity index (χ1n) is 5.84. The van der Waals surface area contributed by atoms with Crippen molar-refractivity contribution >= 4 is 11.8 Å². The molecule has 0 radical (unpaired) electrons. The molecule has 0 spiro atoms. The fraction of sp³-hybridized carbons (Fsp3) is 0.200. The van der Waals surface area contributed by atoms with Gasteiger partial charge in [-0.3, -0.25) is 0 Å². The van der Waals surface area contributed by atoms with Crippen molar-refractivity contribution in [1.82, 2.24) is 0 Å². The molecule has 0 saturated heterocycles. The minimum absolute atomic E-state index is 0.486. The molecule has 0 aromatic heterocycles. The standard InChI is InChI=1S/C15H17NOS/c1-11-3-8-15(12(9-11)10-16)17-13-4-6-14(18-2)7-5-13/h3-9H,10,16H2,1-2H3. The zero-order valence-corrected chi connectivity index (χ0v) is 11.5. The summed E-state index contributed by atoms with van der Waals surface area (Å²) in [5.41, 5.74) is 7.96. The number of hydrogen-bond donors (Lipinski definition) is 1. The smallest absolute Gasteiger partial charge is 0.131 e. The van der Waals surface area contributed by atoms with Crippen LogP contribution in [0.5, 0.6) is 11.5 Å². The Morgan fingerprint density at radius 2 is 1.83 bits per heavy atom. The van der Waals surface area contributed by atoms with Gasteiger partial charge in [0.25, 0.3) is 0 Å². The highest BCUT2D eigenvalue weighted by atomic mass is 32.2. The molecule has 2 N–H and O–H groups in total. The van der Waals surface area contributed by atoms with Crippen molar-refractivity contribution in [1.29, 1.82) is 0 Å². The van der Waals surface area contributed by atoms with Crippen LogP contribution in [0.2, 0.25) is 0 Å². The number of aryl methyl sites for hydroxylation is 1. The first kappa shape index (κ1) is 13.0. The maximum absolute atomic E-state index is 5.87. The van der Waals surface area contributed by atoms with E-state index in [0.717, 1.165) is 17.1 Å². The van der Waals surface area contributed by atoms with E-state index in [1.54, 1.807) is 11.8 Å². The average molecular weight is 259 g/mol. The van der Waals surface area contributed by atoms with Crippen LogP contribution >= 0.6 is 11.8 Å². The minimum Gasteiger partial charge on any atom is -0.457 e. The molecule has 0 aliphatic heterocycles. The van der Waals surface area contributed by atoms with Crippen molar-refractivity contribution < 1.29 is 4.74 Å². The molecule has 0 fully saturated rings. The molecular formula is C15H17NOS. The number of nitrogens with two attached hydrogens (primary N) is 1. The van der Waals surface area contributed by atoms with Gasteiger partial charge >= 0.3 is 0 Å². The van der Waals surface area contributed by atoms with Gasteiger partial charge in [0.2, 0.25) is 0 Å². The second kappa shape index (κ2) is 5.94. The fourth-order valence-corrected chi connectivity index (χ4v) is 2.15. The number of rotatable bonds is 4. The summed E-state index contributed by atoms with van der Waals surface area (Å²) in [5, 5.41) is 0. The molecule has 94 valence electrons. The normalized spacial score (nSPS) is 10.4. The van der Waals surface area contributed by atoms with Crippen LogP contribution in [0.15, 0.2) is 47.4 Å². The second-order valence-electron chi connectivity index (χ2n) is 4.09. The van der Waals surface area contributed by atoms with Crippen LogP contribution in [-0.4, -0.2) is 6.26 Å². The lowest BCUT2D eigenvalue weighted by molar-refractivity contribution is 0.476.